The summed E-state index contributed by atoms with van der Waals surface area (Å²) >= 11 is 0. The molecule has 0 aliphatic carbocycles. The summed E-state index contributed by atoms with van der Waals surface area (Å²) < 4.78 is 4.31. The fraction of sp³-hybridized carbons (Fsp3) is 0.231. The van der Waals surface area contributed by atoms with Crippen molar-refractivity contribution in [1.29, 1.82) is 0 Å². The van der Waals surface area contributed by atoms with Gasteiger partial charge in [0.1, 0.15) is 6.20 Å². The van der Waals surface area contributed by atoms with Gasteiger partial charge in [-0.05, 0) is 24.2 Å². The van der Waals surface area contributed by atoms with E-state index < -0.39 is 5.91 Å². The predicted molar refractivity (Wildman–Crippen MR) is 71.1 cm³/mol. The number of nitrogens with zero attached hydrogens (tertiary/aromatic N) is 2. The van der Waals surface area contributed by atoms with Crippen molar-refractivity contribution in [2.45, 2.75) is 13.3 Å². The minimum Gasteiger partial charge on any atom is -0.350 e. The number of nitrogens with one attached hydrogen (secondary N) is 2. The van der Waals surface area contributed by atoms with Crippen molar-refractivity contribution in [3.05, 3.63) is 41.7 Å². The molecule has 0 atom stereocenters. The molecule has 0 radical (unpaired) electrons. The van der Waals surface area contributed by atoms with Gasteiger partial charge in [0.2, 0.25) is 5.91 Å². The first-order valence-corrected chi connectivity index (χ1v) is 6.07. The molecular formula is C13H14N4O3. The first kappa shape index (κ1) is 13.7. The van der Waals surface area contributed by atoms with Gasteiger partial charge in [-0.15, -0.1) is 0 Å². The lowest BCUT2D eigenvalue weighted by molar-refractivity contribution is -0.116. The molecule has 0 saturated heterocycles. The molecule has 0 bridgehead atoms. The minimum absolute atomic E-state index is 0.0870. The molecule has 7 nitrogen and oxygen atoms in total. The lowest BCUT2D eigenvalue weighted by Crippen LogP contribution is -2.27. The molecule has 0 spiro atoms. The summed E-state index contributed by atoms with van der Waals surface area (Å²) in [6.45, 7) is 2.18. The zero-order valence-corrected chi connectivity index (χ0v) is 10.9. The molecule has 7 heteroatoms. The first-order valence-electron chi connectivity index (χ1n) is 6.07. The van der Waals surface area contributed by atoms with E-state index in [4.69, 9.17) is 0 Å². The molecule has 104 valence electrons. The summed E-state index contributed by atoms with van der Waals surface area (Å²) in [7, 11) is 0. The van der Waals surface area contributed by atoms with Gasteiger partial charge in [-0.3, -0.25) is 9.59 Å². The maximum absolute atomic E-state index is 11.7. The molecule has 0 fully saturated rings. The van der Waals surface area contributed by atoms with Gasteiger partial charge in [0, 0.05) is 18.7 Å². The zero-order chi connectivity index (χ0) is 14.4. The second kappa shape index (κ2) is 6.46. The van der Waals surface area contributed by atoms with E-state index in [1.165, 1.54) is 6.20 Å². The quantitative estimate of drug-likeness (QED) is 0.852. The molecule has 20 heavy (non-hydrogen) atoms. The van der Waals surface area contributed by atoms with Gasteiger partial charge in [0.25, 0.3) is 5.91 Å². The predicted octanol–water partition coefficient (Wildman–Crippen LogP) is 1.14. The van der Waals surface area contributed by atoms with Crippen molar-refractivity contribution in [2.75, 3.05) is 11.9 Å². The van der Waals surface area contributed by atoms with E-state index in [0.717, 1.165) is 11.3 Å². The number of carbonyl (C=O) groups excluding carboxylic acids is 2. The molecule has 2 aromatic rings. The van der Waals surface area contributed by atoms with E-state index in [9.17, 15) is 9.59 Å². The third-order valence-corrected chi connectivity index (χ3v) is 2.57. The summed E-state index contributed by atoms with van der Waals surface area (Å²) in [4.78, 5) is 23.1. The number of hydrogen-bond donors (Lipinski definition) is 2. The molecule has 0 saturated carbocycles. The van der Waals surface area contributed by atoms with Crippen LogP contribution in [-0.2, 0) is 4.79 Å². The van der Waals surface area contributed by atoms with Gasteiger partial charge in [0.05, 0.1) is 0 Å². The molecule has 0 aliphatic heterocycles. The lowest BCUT2D eigenvalue weighted by Gasteiger charge is -2.06. The molecule has 2 amide bonds. The van der Waals surface area contributed by atoms with Crippen molar-refractivity contribution in [3.8, 4) is 0 Å². The SMILES string of the molecule is Cc1ccc(NC(=O)CCNC(=O)c2cnon2)cc1. The van der Waals surface area contributed by atoms with Crippen LogP contribution in [-0.4, -0.2) is 28.7 Å². The average molecular weight is 274 g/mol. The molecular weight excluding hydrogens is 260 g/mol. The van der Waals surface area contributed by atoms with Gasteiger partial charge < -0.3 is 10.6 Å². The van der Waals surface area contributed by atoms with Crippen LogP contribution in [0.2, 0.25) is 0 Å². The Labute approximate surface area is 115 Å². The summed E-state index contributed by atoms with van der Waals surface area (Å²) in [6, 6.07) is 7.48. The van der Waals surface area contributed by atoms with E-state index in [1.54, 1.807) is 0 Å². The highest BCUT2D eigenvalue weighted by Crippen LogP contribution is 2.08. The summed E-state index contributed by atoms with van der Waals surface area (Å²) in [6.07, 6.45) is 1.38. The molecule has 0 unspecified atom stereocenters. The van der Waals surface area contributed by atoms with Gasteiger partial charge in [-0.1, -0.05) is 22.9 Å². The summed E-state index contributed by atoms with van der Waals surface area (Å²) in [5.74, 6) is -0.596. The Bertz CT molecular complexity index is 578. The van der Waals surface area contributed by atoms with E-state index in [2.05, 4.69) is 25.6 Å². The van der Waals surface area contributed by atoms with Gasteiger partial charge in [-0.25, -0.2) is 4.63 Å². The average Bonchev–Trinajstić information content (AvgIpc) is 2.95. The van der Waals surface area contributed by atoms with Crippen LogP contribution in [0.5, 0.6) is 0 Å². The third-order valence-electron chi connectivity index (χ3n) is 2.57. The van der Waals surface area contributed by atoms with E-state index in [1.807, 2.05) is 31.2 Å². The number of anilines is 1. The van der Waals surface area contributed by atoms with E-state index in [-0.39, 0.29) is 24.6 Å². The fourth-order valence-corrected chi connectivity index (χ4v) is 1.51. The minimum atomic E-state index is -0.422. The third kappa shape index (κ3) is 3.91. The molecule has 2 N–H and O–H groups in total. The Kier molecular flexibility index (Phi) is 4.43. The van der Waals surface area contributed by atoms with Crippen LogP contribution in [0, 0.1) is 6.92 Å². The topological polar surface area (TPSA) is 97.1 Å². The smallest absolute Gasteiger partial charge is 0.275 e. The zero-order valence-electron chi connectivity index (χ0n) is 10.9. The highest BCUT2D eigenvalue weighted by molar-refractivity contribution is 5.93. The fourth-order valence-electron chi connectivity index (χ4n) is 1.51. The highest BCUT2D eigenvalue weighted by atomic mass is 16.6. The van der Waals surface area contributed by atoms with Gasteiger partial charge >= 0.3 is 0 Å². The Balaban J connectivity index is 1.73. The second-order valence-electron chi connectivity index (χ2n) is 4.21. The number of rotatable bonds is 5. The molecule has 2 rings (SSSR count). The first-order chi connectivity index (χ1) is 9.65. The van der Waals surface area contributed by atoms with Crippen molar-refractivity contribution in [1.82, 2.24) is 15.6 Å². The van der Waals surface area contributed by atoms with E-state index in [0.29, 0.717) is 0 Å². The van der Waals surface area contributed by atoms with Crippen LogP contribution in [0.15, 0.2) is 35.1 Å². The summed E-state index contributed by atoms with van der Waals surface area (Å²) in [5, 5.41) is 12.0. The normalized spacial score (nSPS) is 10.1. The van der Waals surface area contributed by atoms with Crippen LogP contribution in [0.25, 0.3) is 0 Å². The Hall–Kier alpha value is -2.70. The molecule has 1 aromatic carbocycles. The van der Waals surface area contributed by atoms with Crippen molar-refractivity contribution in [2.24, 2.45) is 0 Å². The molecule has 1 aromatic heterocycles. The van der Waals surface area contributed by atoms with Crippen LogP contribution in [0.1, 0.15) is 22.5 Å². The maximum Gasteiger partial charge on any atom is 0.275 e. The van der Waals surface area contributed by atoms with Crippen LogP contribution >= 0.6 is 0 Å². The van der Waals surface area contributed by atoms with Crippen LogP contribution < -0.4 is 10.6 Å². The number of carbonyl (C=O) groups is 2. The molecule has 0 aliphatic rings. The lowest BCUT2D eigenvalue weighted by atomic mass is 10.2. The van der Waals surface area contributed by atoms with E-state index >= 15 is 0 Å². The Morgan fingerprint density at radius 2 is 2.00 bits per heavy atom. The van der Waals surface area contributed by atoms with Crippen LogP contribution in [0.4, 0.5) is 5.69 Å². The van der Waals surface area contributed by atoms with Crippen LogP contribution in [0.3, 0.4) is 0 Å². The molecule has 1 heterocycles. The number of benzene rings is 1. The van der Waals surface area contributed by atoms with Gasteiger partial charge in [-0.2, -0.15) is 0 Å². The van der Waals surface area contributed by atoms with Crippen molar-refractivity contribution in [3.63, 3.8) is 0 Å². The Morgan fingerprint density at radius 1 is 1.25 bits per heavy atom. The largest absolute Gasteiger partial charge is 0.350 e. The monoisotopic (exact) mass is 274 g/mol. The second-order valence-corrected chi connectivity index (χ2v) is 4.21. The maximum atomic E-state index is 11.7. The van der Waals surface area contributed by atoms with Crippen molar-refractivity contribution < 1.29 is 14.2 Å². The number of aryl methyl sites for hydroxylation is 1. The van der Waals surface area contributed by atoms with Crippen molar-refractivity contribution >= 4 is 17.5 Å². The highest BCUT2D eigenvalue weighted by Gasteiger charge is 2.10. The number of aromatic nitrogens is 2. The standard InChI is InChI=1S/C13H14N4O3/c1-9-2-4-10(5-3-9)16-12(18)6-7-14-13(19)11-8-15-20-17-11/h2-5,8H,6-7H2,1H3,(H,14,19)(H,16,18). The summed E-state index contributed by atoms with van der Waals surface area (Å²) in [5.41, 5.74) is 1.94. The number of amides is 2. The Morgan fingerprint density at radius 3 is 2.65 bits per heavy atom. The van der Waals surface area contributed by atoms with Gasteiger partial charge in [0.15, 0.2) is 5.69 Å². The number of hydrogen-bond acceptors (Lipinski definition) is 5.